The van der Waals surface area contributed by atoms with Crippen molar-refractivity contribution < 1.29 is 4.42 Å². The van der Waals surface area contributed by atoms with Crippen molar-refractivity contribution >= 4 is 60.8 Å². The van der Waals surface area contributed by atoms with Crippen molar-refractivity contribution in [1.29, 1.82) is 0 Å². The molecule has 3 heteroatoms. The lowest BCUT2D eigenvalue weighted by molar-refractivity contribution is 0.630. The molecule has 8 aromatic carbocycles. The highest BCUT2D eigenvalue weighted by molar-refractivity contribution is 6.13. The van der Waals surface area contributed by atoms with Crippen molar-refractivity contribution in [3.63, 3.8) is 0 Å². The minimum Gasteiger partial charge on any atom is -0.456 e. The maximum atomic E-state index is 6.80. The fourth-order valence-electron chi connectivity index (χ4n) is 10.3. The summed E-state index contributed by atoms with van der Waals surface area (Å²) in [5.41, 5.74) is 19.0. The molecule has 3 heterocycles. The number of para-hydroxylation sites is 2. The van der Waals surface area contributed by atoms with Gasteiger partial charge in [-0.2, -0.15) is 0 Å². The van der Waals surface area contributed by atoms with Crippen molar-refractivity contribution in [1.82, 2.24) is 4.57 Å². The van der Waals surface area contributed by atoms with E-state index < -0.39 is 0 Å². The summed E-state index contributed by atoms with van der Waals surface area (Å²) in [4.78, 5) is 2.38. The zero-order valence-corrected chi connectivity index (χ0v) is 32.5. The molecule has 0 N–H and O–H groups in total. The molecule has 3 nitrogen and oxygen atoms in total. The number of hydrogen-bond acceptors (Lipinski definition) is 2. The minimum atomic E-state index is -0.114. The van der Waals surface area contributed by atoms with E-state index in [0.717, 1.165) is 39.0 Å². The second kappa shape index (κ2) is 11.4. The van der Waals surface area contributed by atoms with Gasteiger partial charge in [0.1, 0.15) is 11.2 Å². The quantitative estimate of drug-likeness (QED) is 0.180. The smallest absolute Gasteiger partial charge is 0.137 e. The van der Waals surface area contributed by atoms with Gasteiger partial charge >= 0.3 is 0 Å². The maximum absolute atomic E-state index is 6.80. The summed E-state index contributed by atoms with van der Waals surface area (Å²) in [6.45, 7) is 9.36. The summed E-state index contributed by atoms with van der Waals surface area (Å²) in [6, 6.07) is 62.5. The van der Waals surface area contributed by atoms with Crippen LogP contribution in [-0.4, -0.2) is 4.57 Å². The van der Waals surface area contributed by atoms with Gasteiger partial charge in [-0.25, -0.2) is 0 Å². The zero-order valence-electron chi connectivity index (χ0n) is 32.5. The number of hydrogen-bond donors (Lipinski definition) is 0. The van der Waals surface area contributed by atoms with Crippen LogP contribution < -0.4 is 4.90 Å². The van der Waals surface area contributed by atoms with E-state index in [0.29, 0.717) is 0 Å². The monoisotopic (exact) mass is 732 g/mol. The Morgan fingerprint density at radius 2 is 1.07 bits per heavy atom. The van der Waals surface area contributed by atoms with Crippen LogP contribution >= 0.6 is 0 Å². The van der Waals surface area contributed by atoms with Crippen molar-refractivity contribution in [2.75, 3.05) is 4.90 Å². The Balaban J connectivity index is 1.06. The van der Waals surface area contributed by atoms with Crippen LogP contribution in [0.5, 0.6) is 0 Å². The largest absolute Gasteiger partial charge is 0.456 e. The van der Waals surface area contributed by atoms with Gasteiger partial charge in [-0.3, -0.25) is 0 Å². The second-order valence-corrected chi connectivity index (χ2v) is 17.0. The van der Waals surface area contributed by atoms with Crippen LogP contribution in [0.25, 0.3) is 71.7 Å². The summed E-state index contributed by atoms with van der Waals surface area (Å²) in [6.07, 6.45) is 0. The van der Waals surface area contributed by atoms with E-state index in [1.165, 1.54) is 72.0 Å². The van der Waals surface area contributed by atoms with E-state index in [9.17, 15) is 0 Å². The van der Waals surface area contributed by atoms with Gasteiger partial charge in [-0.1, -0.05) is 131 Å². The Hall–Kier alpha value is -6.84. The van der Waals surface area contributed by atoms with Gasteiger partial charge in [0.25, 0.3) is 0 Å². The summed E-state index contributed by atoms with van der Waals surface area (Å²) < 4.78 is 9.29. The predicted molar refractivity (Wildman–Crippen MR) is 238 cm³/mol. The SMILES string of the molecule is CC1(C)c2ccccc2-c2cc3c(cc21)oc1cc(N(c2ccc(-c4ccccc4)cc2)c2ccc4c(c2)c2cccc5c2n4-c2ccccc2C5(C)C)ccc13. The normalized spacial score (nSPS) is 14.6. The van der Waals surface area contributed by atoms with Gasteiger partial charge in [-0.05, 0) is 105 Å². The zero-order chi connectivity index (χ0) is 38.2. The van der Waals surface area contributed by atoms with Crippen molar-refractivity contribution in [3.05, 3.63) is 192 Å². The number of fused-ring (bicyclic) bond motifs is 11. The van der Waals surface area contributed by atoms with Crippen LogP contribution in [0.1, 0.15) is 49.9 Å². The molecule has 0 radical (unpaired) electrons. The summed E-state index contributed by atoms with van der Waals surface area (Å²) in [5, 5.41) is 4.80. The van der Waals surface area contributed by atoms with E-state index in [2.05, 4.69) is 207 Å². The number of furan rings is 1. The molecule has 57 heavy (non-hydrogen) atoms. The van der Waals surface area contributed by atoms with Crippen molar-refractivity contribution in [3.8, 4) is 27.9 Å². The summed E-state index contributed by atoms with van der Waals surface area (Å²) >= 11 is 0. The molecule has 1 aliphatic heterocycles. The third-order valence-corrected chi connectivity index (χ3v) is 13.2. The molecule has 272 valence electrons. The molecule has 0 fully saturated rings. The first-order valence-corrected chi connectivity index (χ1v) is 20.0. The highest BCUT2D eigenvalue weighted by atomic mass is 16.3. The average Bonchev–Trinajstić information content (AvgIpc) is 3.85. The highest BCUT2D eigenvalue weighted by Gasteiger charge is 2.37. The first-order chi connectivity index (χ1) is 27.8. The molecule has 2 aromatic heterocycles. The van der Waals surface area contributed by atoms with E-state index in [4.69, 9.17) is 4.42 Å². The molecule has 1 aliphatic carbocycles. The van der Waals surface area contributed by atoms with Crippen molar-refractivity contribution in [2.24, 2.45) is 0 Å². The summed E-state index contributed by atoms with van der Waals surface area (Å²) in [7, 11) is 0. The van der Waals surface area contributed by atoms with E-state index in [-0.39, 0.29) is 10.8 Å². The molecule has 2 aliphatic rings. The molecule has 0 saturated carbocycles. The fraction of sp³-hybridized carbons (Fsp3) is 0.111. The lowest BCUT2D eigenvalue weighted by Crippen LogP contribution is -2.26. The lowest BCUT2D eigenvalue weighted by Gasteiger charge is -2.34. The van der Waals surface area contributed by atoms with Crippen LogP contribution in [0.3, 0.4) is 0 Å². The van der Waals surface area contributed by atoms with Crippen LogP contribution in [0.2, 0.25) is 0 Å². The van der Waals surface area contributed by atoms with Gasteiger partial charge in [0.05, 0.1) is 16.7 Å². The molecule has 10 aromatic rings. The standard InChI is InChI=1S/C54H40N2O/c1-53(2)44-17-9-8-15-38(44)41-31-43-39-27-25-37(30-50(39)57-51(43)32-47(41)53)55(35-23-21-34(22-24-35)33-13-6-5-7-14-33)36-26-28-48-42(29-36)40-16-12-19-46-52(40)56(48)49-20-11-10-18-45(49)54(46,3)4/h5-32H,1-4H3. The van der Waals surface area contributed by atoms with Gasteiger partial charge in [0.15, 0.2) is 0 Å². The van der Waals surface area contributed by atoms with Gasteiger partial charge in [0.2, 0.25) is 0 Å². The third-order valence-electron chi connectivity index (χ3n) is 13.2. The van der Waals surface area contributed by atoms with E-state index in [1.54, 1.807) is 0 Å². The molecular weight excluding hydrogens is 693 g/mol. The van der Waals surface area contributed by atoms with Crippen LogP contribution in [0.4, 0.5) is 17.1 Å². The average molecular weight is 733 g/mol. The Morgan fingerprint density at radius 1 is 0.421 bits per heavy atom. The maximum Gasteiger partial charge on any atom is 0.137 e. The first kappa shape index (κ1) is 32.4. The number of rotatable bonds is 4. The fourth-order valence-corrected chi connectivity index (χ4v) is 10.3. The molecule has 0 unspecified atom stereocenters. The number of anilines is 3. The van der Waals surface area contributed by atoms with Gasteiger partial charge in [0, 0.05) is 55.5 Å². The van der Waals surface area contributed by atoms with Crippen LogP contribution in [0, 0.1) is 0 Å². The lowest BCUT2D eigenvalue weighted by atomic mass is 9.75. The second-order valence-electron chi connectivity index (χ2n) is 17.0. The Labute approximate surface area is 332 Å². The molecule has 0 saturated heterocycles. The van der Waals surface area contributed by atoms with Crippen LogP contribution in [0.15, 0.2) is 174 Å². The van der Waals surface area contributed by atoms with Gasteiger partial charge < -0.3 is 13.9 Å². The number of benzene rings is 8. The molecule has 0 bridgehead atoms. The topological polar surface area (TPSA) is 21.3 Å². The minimum absolute atomic E-state index is 0.0905. The Kier molecular flexibility index (Phi) is 6.46. The Bertz CT molecular complexity index is 3290. The van der Waals surface area contributed by atoms with Crippen molar-refractivity contribution in [2.45, 2.75) is 38.5 Å². The number of aromatic nitrogens is 1. The van der Waals surface area contributed by atoms with Crippen LogP contribution in [-0.2, 0) is 10.8 Å². The van der Waals surface area contributed by atoms with Gasteiger partial charge in [-0.15, -0.1) is 0 Å². The molecule has 0 atom stereocenters. The third kappa shape index (κ3) is 4.43. The molecule has 12 rings (SSSR count). The first-order valence-electron chi connectivity index (χ1n) is 20.0. The molecule has 0 amide bonds. The number of nitrogens with zero attached hydrogens (tertiary/aromatic N) is 2. The predicted octanol–water partition coefficient (Wildman–Crippen LogP) is 14.8. The van der Waals surface area contributed by atoms with E-state index in [1.807, 2.05) is 0 Å². The summed E-state index contributed by atoms with van der Waals surface area (Å²) in [5.74, 6) is 0. The Morgan fingerprint density at radius 3 is 1.91 bits per heavy atom. The molecular formula is C54H40N2O. The highest BCUT2D eigenvalue weighted by Crippen LogP contribution is 2.52. The molecule has 0 spiro atoms. The van der Waals surface area contributed by atoms with E-state index >= 15 is 0 Å².